The van der Waals surface area contributed by atoms with Crippen molar-refractivity contribution in [3.05, 3.63) is 64.5 Å². The molecule has 0 bridgehead atoms. The van der Waals surface area contributed by atoms with Crippen molar-refractivity contribution in [2.24, 2.45) is 0 Å². The van der Waals surface area contributed by atoms with Gasteiger partial charge >= 0.3 is 0 Å². The fraction of sp³-hybridized carbons (Fsp3) is 0.348. The van der Waals surface area contributed by atoms with Crippen LogP contribution in [-0.4, -0.2) is 26.4 Å². The number of aromatic nitrogens is 3. The van der Waals surface area contributed by atoms with Crippen LogP contribution in [0.2, 0.25) is 0 Å². The Morgan fingerprint density at radius 1 is 1.00 bits per heavy atom. The molecule has 0 atom stereocenters. The highest BCUT2D eigenvalue weighted by molar-refractivity contribution is 7.99. The van der Waals surface area contributed by atoms with Crippen LogP contribution in [0.1, 0.15) is 35.0 Å². The molecule has 6 nitrogen and oxygen atoms in total. The molecular formula is C23H29N5OS. The predicted molar refractivity (Wildman–Crippen MR) is 124 cm³/mol. The lowest BCUT2D eigenvalue weighted by atomic mass is 10.1. The molecule has 158 valence electrons. The molecule has 3 rings (SSSR count). The molecule has 3 aromatic rings. The third kappa shape index (κ3) is 5.42. The Kier molecular flexibility index (Phi) is 7.15. The summed E-state index contributed by atoms with van der Waals surface area (Å²) in [5, 5.41) is 15.8. The summed E-state index contributed by atoms with van der Waals surface area (Å²) < 4.78 is 2.05. The highest BCUT2D eigenvalue weighted by Crippen LogP contribution is 2.21. The van der Waals surface area contributed by atoms with E-state index in [2.05, 4.69) is 66.7 Å². The van der Waals surface area contributed by atoms with Crippen LogP contribution in [0, 0.1) is 27.7 Å². The minimum absolute atomic E-state index is 0.0520. The number of hydrogen-bond acceptors (Lipinski definition) is 5. The maximum Gasteiger partial charge on any atom is 0.234 e. The van der Waals surface area contributed by atoms with Crippen LogP contribution in [-0.2, 0) is 17.9 Å². The number of nitrogens with one attached hydrogen (secondary N) is 2. The molecule has 7 heteroatoms. The van der Waals surface area contributed by atoms with Crippen LogP contribution in [0.3, 0.4) is 0 Å². The topological polar surface area (TPSA) is 71.8 Å². The highest BCUT2D eigenvalue weighted by atomic mass is 32.2. The SMILES string of the molecule is CCn1c(CNc2ccc(C)cc2C)nnc1SCC(=O)Nc1ccc(C)c(C)c1. The molecule has 2 aromatic carbocycles. The Bertz CT molecular complexity index is 1040. The number of carbonyl (C=O) groups excluding carboxylic acids is 1. The number of aryl methyl sites for hydroxylation is 4. The summed E-state index contributed by atoms with van der Waals surface area (Å²) in [7, 11) is 0. The van der Waals surface area contributed by atoms with E-state index >= 15 is 0 Å². The van der Waals surface area contributed by atoms with Crippen molar-refractivity contribution in [1.29, 1.82) is 0 Å². The minimum Gasteiger partial charge on any atom is -0.378 e. The van der Waals surface area contributed by atoms with Gasteiger partial charge in [0.2, 0.25) is 5.91 Å². The smallest absolute Gasteiger partial charge is 0.234 e. The Labute approximate surface area is 182 Å². The van der Waals surface area contributed by atoms with E-state index in [0.717, 1.165) is 34.5 Å². The molecule has 30 heavy (non-hydrogen) atoms. The lowest BCUT2D eigenvalue weighted by Crippen LogP contribution is -2.15. The molecule has 0 aliphatic heterocycles. The summed E-state index contributed by atoms with van der Waals surface area (Å²) in [4.78, 5) is 12.4. The van der Waals surface area contributed by atoms with Crippen molar-refractivity contribution in [1.82, 2.24) is 14.8 Å². The maximum absolute atomic E-state index is 12.4. The van der Waals surface area contributed by atoms with Crippen LogP contribution in [0.15, 0.2) is 41.6 Å². The Morgan fingerprint density at radius 2 is 1.80 bits per heavy atom. The van der Waals surface area contributed by atoms with Gasteiger partial charge in [0.15, 0.2) is 11.0 Å². The van der Waals surface area contributed by atoms with E-state index < -0.39 is 0 Å². The van der Waals surface area contributed by atoms with Gasteiger partial charge in [0.05, 0.1) is 12.3 Å². The molecule has 0 radical (unpaired) electrons. The molecule has 0 saturated carbocycles. The number of anilines is 2. The molecule has 0 unspecified atom stereocenters. The molecule has 0 aliphatic carbocycles. The van der Waals surface area contributed by atoms with Crippen LogP contribution < -0.4 is 10.6 Å². The largest absolute Gasteiger partial charge is 0.378 e. The van der Waals surface area contributed by atoms with Gasteiger partial charge in [-0.1, -0.05) is 35.5 Å². The Morgan fingerprint density at radius 3 is 2.50 bits per heavy atom. The molecular weight excluding hydrogens is 394 g/mol. The van der Waals surface area contributed by atoms with Crippen molar-refractivity contribution in [3.8, 4) is 0 Å². The van der Waals surface area contributed by atoms with Crippen LogP contribution in [0.25, 0.3) is 0 Å². The molecule has 0 saturated heterocycles. The second kappa shape index (κ2) is 9.80. The van der Waals surface area contributed by atoms with Crippen molar-refractivity contribution < 1.29 is 4.79 Å². The zero-order valence-corrected chi connectivity index (χ0v) is 19.1. The number of rotatable bonds is 8. The van der Waals surface area contributed by atoms with E-state index in [0.29, 0.717) is 6.54 Å². The van der Waals surface area contributed by atoms with E-state index in [1.807, 2.05) is 29.7 Å². The van der Waals surface area contributed by atoms with Crippen LogP contribution in [0.5, 0.6) is 0 Å². The summed E-state index contributed by atoms with van der Waals surface area (Å²) in [5.41, 5.74) is 6.72. The number of hydrogen-bond donors (Lipinski definition) is 2. The van der Waals surface area contributed by atoms with Crippen molar-refractivity contribution in [3.63, 3.8) is 0 Å². The van der Waals surface area contributed by atoms with E-state index in [-0.39, 0.29) is 11.7 Å². The first-order valence-corrected chi connectivity index (χ1v) is 11.1. The Balaban J connectivity index is 1.59. The average molecular weight is 424 g/mol. The van der Waals surface area contributed by atoms with Gasteiger partial charge < -0.3 is 15.2 Å². The van der Waals surface area contributed by atoms with Crippen LogP contribution >= 0.6 is 11.8 Å². The van der Waals surface area contributed by atoms with Crippen LogP contribution in [0.4, 0.5) is 11.4 Å². The zero-order chi connectivity index (χ0) is 21.7. The molecule has 0 aliphatic rings. The van der Waals surface area contributed by atoms with Crippen molar-refractivity contribution in [2.45, 2.75) is 52.9 Å². The van der Waals surface area contributed by atoms with E-state index in [1.54, 1.807) is 0 Å². The van der Waals surface area contributed by atoms with Gasteiger partial charge in [-0.2, -0.15) is 0 Å². The third-order valence-electron chi connectivity index (χ3n) is 5.05. The number of amides is 1. The van der Waals surface area contributed by atoms with E-state index in [9.17, 15) is 4.79 Å². The van der Waals surface area contributed by atoms with Crippen molar-refractivity contribution in [2.75, 3.05) is 16.4 Å². The molecule has 1 amide bonds. The zero-order valence-electron chi connectivity index (χ0n) is 18.2. The van der Waals surface area contributed by atoms with E-state index in [4.69, 9.17) is 0 Å². The third-order valence-corrected chi connectivity index (χ3v) is 6.02. The normalized spacial score (nSPS) is 10.8. The summed E-state index contributed by atoms with van der Waals surface area (Å²) in [5.74, 6) is 1.09. The van der Waals surface area contributed by atoms with Gasteiger partial charge in [0, 0.05) is 17.9 Å². The minimum atomic E-state index is -0.0520. The summed E-state index contributed by atoms with van der Waals surface area (Å²) in [6.07, 6.45) is 0. The second-order valence-electron chi connectivity index (χ2n) is 7.45. The first-order chi connectivity index (χ1) is 14.4. The van der Waals surface area contributed by atoms with Gasteiger partial charge in [-0.05, 0) is 69.5 Å². The lowest BCUT2D eigenvalue weighted by Gasteiger charge is -2.11. The lowest BCUT2D eigenvalue weighted by molar-refractivity contribution is -0.113. The first-order valence-electron chi connectivity index (χ1n) is 10.1. The first kappa shape index (κ1) is 21.9. The number of benzene rings is 2. The summed E-state index contributed by atoms with van der Waals surface area (Å²) >= 11 is 1.40. The van der Waals surface area contributed by atoms with E-state index in [1.165, 1.54) is 28.5 Å². The van der Waals surface area contributed by atoms with Gasteiger partial charge in [-0.15, -0.1) is 10.2 Å². The van der Waals surface area contributed by atoms with Gasteiger partial charge in [-0.3, -0.25) is 4.79 Å². The summed E-state index contributed by atoms with van der Waals surface area (Å²) in [6.45, 7) is 11.7. The monoisotopic (exact) mass is 423 g/mol. The predicted octanol–water partition coefficient (Wildman–Crippen LogP) is 4.87. The summed E-state index contributed by atoms with van der Waals surface area (Å²) in [6, 6.07) is 12.3. The molecule has 0 spiro atoms. The fourth-order valence-electron chi connectivity index (χ4n) is 3.21. The number of nitrogens with zero attached hydrogens (tertiary/aromatic N) is 3. The van der Waals surface area contributed by atoms with Gasteiger partial charge in [0.1, 0.15) is 0 Å². The molecule has 2 N–H and O–H groups in total. The second-order valence-corrected chi connectivity index (χ2v) is 8.39. The fourth-order valence-corrected chi connectivity index (χ4v) is 4.03. The highest BCUT2D eigenvalue weighted by Gasteiger charge is 2.13. The van der Waals surface area contributed by atoms with Crippen molar-refractivity contribution >= 4 is 29.0 Å². The molecule has 0 fully saturated rings. The molecule has 1 heterocycles. The number of thioether (sulfide) groups is 1. The Hall–Kier alpha value is -2.80. The number of carbonyl (C=O) groups is 1. The standard InChI is InChI=1S/C23H29N5OS/c1-6-28-21(13-24-20-10-7-15(2)11-18(20)5)26-27-23(28)30-14-22(29)25-19-9-8-16(3)17(4)12-19/h7-12,24H,6,13-14H2,1-5H3,(H,25,29). The average Bonchev–Trinajstić information content (AvgIpc) is 3.10. The van der Waals surface area contributed by atoms with Gasteiger partial charge in [0.25, 0.3) is 0 Å². The quantitative estimate of drug-likeness (QED) is 0.506. The molecule has 1 aromatic heterocycles. The van der Waals surface area contributed by atoms with Gasteiger partial charge in [-0.25, -0.2) is 0 Å². The maximum atomic E-state index is 12.4.